The number of hydrogen-bond donors (Lipinski definition) is 1. The van der Waals surface area contributed by atoms with Crippen LogP contribution < -0.4 is 14.0 Å². The smallest absolute Gasteiger partial charge is 0.142 e. The average molecular weight is 317 g/mol. The van der Waals surface area contributed by atoms with Gasteiger partial charge in [0.05, 0.1) is 25.5 Å². The highest BCUT2D eigenvalue weighted by atomic mass is 35.7. The molecule has 0 aromatic carbocycles. The zero-order valence-corrected chi connectivity index (χ0v) is 13.5. The van der Waals surface area contributed by atoms with Gasteiger partial charge in [-0.25, -0.2) is 0 Å². The molecule has 0 rings (SSSR count). The molecule has 0 aliphatic rings. The van der Waals surface area contributed by atoms with Gasteiger partial charge in [-0.15, -0.1) is 0 Å². The lowest BCUT2D eigenvalue weighted by Crippen LogP contribution is -2.58. The van der Waals surface area contributed by atoms with Crippen molar-refractivity contribution in [1.82, 2.24) is 4.90 Å². The quantitative estimate of drug-likeness (QED) is 0.539. The van der Waals surface area contributed by atoms with Crippen LogP contribution in [0.1, 0.15) is 34.6 Å². The zero-order chi connectivity index (χ0) is 15.9. The van der Waals surface area contributed by atoms with Crippen molar-refractivity contribution in [2.45, 2.75) is 40.2 Å². The Morgan fingerprint density at radius 2 is 1.58 bits per heavy atom. The molecule has 0 fully saturated rings. The molecule has 0 heterocycles. The molecular formula is C11H22Cl2N2O4. The van der Waals surface area contributed by atoms with Crippen molar-refractivity contribution in [2.75, 3.05) is 13.1 Å². The van der Waals surface area contributed by atoms with Gasteiger partial charge in [0.25, 0.3) is 0 Å². The van der Waals surface area contributed by atoms with E-state index in [1.807, 2.05) is 0 Å². The topological polar surface area (TPSA) is 105 Å². The molecule has 114 valence electrons. The maximum Gasteiger partial charge on any atom is 0.142 e. The Hall–Kier alpha value is -0.370. The lowest BCUT2D eigenvalue weighted by Gasteiger charge is -2.25. The highest BCUT2D eigenvalue weighted by Gasteiger charge is 2.15. The van der Waals surface area contributed by atoms with Crippen LogP contribution >= 0.6 is 11.6 Å². The van der Waals surface area contributed by atoms with E-state index in [2.05, 4.69) is 51.1 Å². The third-order valence-electron chi connectivity index (χ3n) is 1.75. The second kappa shape index (κ2) is 8.73. The van der Waals surface area contributed by atoms with E-state index in [0.29, 0.717) is 5.03 Å². The summed E-state index contributed by atoms with van der Waals surface area (Å²) in [5.74, 6) is 0.809. The van der Waals surface area contributed by atoms with E-state index < -0.39 is 10.2 Å². The Morgan fingerprint density at radius 3 is 1.74 bits per heavy atom. The maximum atomic E-state index is 8.60. The molecule has 19 heavy (non-hydrogen) atoms. The van der Waals surface area contributed by atoms with Crippen LogP contribution in [0.4, 0.5) is 0 Å². The van der Waals surface area contributed by atoms with Crippen molar-refractivity contribution in [3.05, 3.63) is 11.6 Å². The van der Waals surface area contributed by atoms with Gasteiger partial charge in [0, 0.05) is 13.1 Å². The van der Waals surface area contributed by atoms with Crippen molar-refractivity contribution in [2.24, 2.45) is 4.99 Å². The predicted octanol–water partition coefficient (Wildman–Crippen LogP) is -0.846. The number of rotatable bonds is 3. The number of halogens is 2. The van der Waals surface area contributed by atoms with Gasteiger partial charge in [-0.3, -0.25) is 4.99 Å². The van der Waals surface area contributed by atoms with Gasteiger partial charge in [-0.2, -0.15) is 14.0 Å². The second-order valence-corrected chi connectivity index (χ2v) is 5.83. The summed E-state index contributed by atoms with van der Waals surface area (Å²) in [6, 6.07) is 0. The molecule has 0 aliphatic heterocycles. The largest absolute Gasteiger partial charge is 0.356 e. The standard InChI is InChI=1S/C11H21ClN2.ClHO4/c1-7-14(8-2)10(9(3)12)13-11(4,5)6;2-1(3,4)5/h3,7-8H2,1-2,4-6H3;(H,2,3,4,5). The third kappa shape index (κ3) is 15.6. The first-order valence-corrected chi connectivity index (χ1v) is 7.28. The van der Waals surface area contributed by atoms with Crippen molar-refractivity contribution < 1.29 is 28.9 Å². The molecule has 0 bridgehead atoms. The van der Waals surface area contributed by atoms with Crippen molar-refractivity contribution >= 4 is 17.4 Å². The Kier molecular flexibility index (Phi) is 9.62. The third-order valence-corrected chi connectivity index (χ3v) is 1.92. The van der Waals surface area contributed by atoms with E-state index in [-0.39, 0.29) is 5.54 Å². The van der Waals surface area contributed by atoms with Gasteiger partial charge in [0.1, 0.15) is 5.84 Å². The van der Waals surface area contributed by atoms with Crippen LogP contribution in [0, 0.1) is 10.2 Å². The first-order chi connectivity index (χ1) is 8.31. The fourth-order valence-corrected chi connectivity index (χ4v) is 1.31. The van der Waals surface area contributed by atoms with E-state index in [1.165, 1.54) is 0 Å². The first kappa shape index (κ1) is 20.9. The highest BCUT2D eigenvalue weighted by molar-refractivity contribution is 6.42. The lowest BCUT2D eigenvalue weighted by molar-refractivity contribution is -1.92. The van der Waals surface area contributed by atoms with Gasteiger partial charge < -0.3 is 4.90 Å². The molecule has 1 N–H and O–H groups in total. The second-order valence-electron chi connectivity index (χ2n) is 4.58. The van der Waals surface area contributed by atoms with Crippen LogP contribution in [0.2, 0.25) is 0 Å². The molecule has 0 atom stereocenters. The van der Waals surface area contributed by atoms with Gasteiger partial charge in [-0.05, 0) is 34.6 Å². The van der Waals surface area contributed by atoms with Crippen molar-refractivity contribution in [3.63, 3.8) is 0 Å². The van der Waals surface area contributed by atoms with E-state index in [4.69, 9.17) is 30.2 Å². The highest BCUT2D eigenvalue weighted by Crippen LogP contribution is 2.14. The molecule has 0 aromatic rings. The Balaban J connectivity index is 0. The summed E-state index contributed by atoms with van der Waals surface area (Å²) < 4.78 is 32.7. The number of likely N-dealkylation sites (N-methyl/N-ethyl adjacent to an activating group) is 1. The summed E-state index contributed by atoms with van der Waals surface area (Å²) in [4.78, 5) is 6.67. The van der Waals surface area contributed by atoms with Crippen LogP contribution in [0.25, 0.3) is 0 Å². The van der Waals surface area contributed by atoms with E-state index in [0.717, 1.165) is 18.9 Å². The minimum Gasteiger partial charge on any atom is -0.356 e. The SMILES string of the molecule is C=C(Cl)C(=NC(C)(C)C)N(CC)CC.[O-][Cl+3]([O-])([O-])O. The van der Waals surface area contributed by atoms with Gasteiger partial charge in [-0.1, -0.05) is 18.2 Å². The fourth-order valence-electron chi connectivity index (χ4n) is 1.14. The molecule has 0 aliphatic carbocycles. The predicted molar refractivity (Wildman–Crippen MR) is 67.3 cm³/mol. The van der Waals surface area contributed by atoms with Gasteiger partial charge in [0.2, 0.25) is 0 Å². The minimum atomic E-state index is -4.69. The minimum absolute atomic E-state index is 0.115. The van der Waals surface area contributed by atoms with Crippen LogP contribution in [0.15, 0.2) is 16.6 Å². The summed E-state index contributed by atoms with van der Waals surface area (Å²) in [5, 5.41) is 0.517. The van der Waals surface area contributed by atoms with Gasteiger partial charge >= 0.3 is 0 Å². The molecule has 6 nitrogen and oxygen atoms in total. The first-order valence-electron chi connectivity index (χ1n) is 5.64. The molecule has 0 saturated carbocycles. The summed E-state index contributed by atoms with van der Waals surface area (Å²) in [5.41, 5.74) is -0.115. The molecule has 0 amide bonds. The summed E-state index contributed by atoms with van der Waals surface area (Å²) in [6.45, 7) is 15.9. The van der Waals surface area contributed by atoms with Crippen LogP contribution in [-0.2, 0) is 0 Å². The van der Waals surface area contributed by atoms with Crippen molar-refractivity contribution in [3.8, 4) is 0 Å². The van der Waals surface area contributed by atoms with Gasteiger partial charge in [0.15, 0.2) is 0 Å². The van der Waals surface area contributed by atoms with E-state index in [9.17, 15) is 0 Å². The van der Waals surface area contributed by atoms with Crippen LogP contribution in [0.3, 0.4) is 0 Å². The maximum absolute atomic E-state index is 8.60. The molecule has 0 aromatic heterocycles. The zero-order valence-electron chi connectivity index (χ0n) is 11.9. The Morgan fingerprint density at radius 1 is 1.26 bits per heavy atom. The fraction of sp³-hybridized carbons (Fsp3) is 0.727. The van der Waals surface area contributed by atoms with Crippen molar-refractivity contribution in [1.29, 1.82) is 0 Å². The summed E-state index contributed by atoms with van der Waals surface area (Å²) >= 11 is 5.94. The van der Waals surface area contributed by atoms with E-state index in [1.54, 1.807) is 0 Å². The number of aliphatic imine (C=N–C) groups is 1. The van der Waals surface area contributed by atoms with Crippen LogP contribution in [-0.4, -0.2) is 34.0 Å². The van der Waals surface area contributed by atoms with Crippen LogP contribution in [0.5, 0.6) is 0 Å². The Labute approximate surface area is 121 Å². The number of amidine groups is 1. The average Bonchev–Trinajstić information content (AvgIpc) is 2.13. The number of nitrogens with zero attached hydrogens (tertiary/aromatic N) is 2. The lowest BCUT2D eigenvalue weighted by atomic mass is 10.1. The molecule has 8 heteroatoms. The summed E-state index contributed by atoms with van der Waals surface area (Å²) in [6.07, 6.45) is 0. The molecule has 0 radical (unpaired) electrons. The molecule has 0 spiro atoms. The molecule has 0 unspecified atom stereocenters. The Bertz CT molecular complexity index is 299. The number of hydrogen-bond acceptors (Lipinski definition) is 5. The summed E-state index contributed by atoms with van der Waals surface area (Å²) in [7, 11) is -4.69. The monoisotopic (exact) mass is 316 g/mol. The molecular weight excluding hydrogens is 295 g/mol. The normalized spacial score (nSPS) is 12.6. The molecule has 0 saturated heterocycles. The van der Waals surface area contributed by atoms with E-state index >= 15 is 0 Å².